The third-order valence-corrected chi connectivity index (χ3v) is 8.21. The first-order valence-electron chi connectivity index (χ1n) is 12.0. The number of halogens is 2. The van der Waals surface area contributed by atoms with Gasteiger partial charge < -0.3 is 10.4 Å². The van der Waals surface area contributed by atoms with Crippen LogP contribution in [0.25, 0.3) is 0 Å². The van der Waals surface area contributed by atoms with Gasteiger partial charge in [0.2, 0.25) is 17.7 Å². The van der Waals surface area contributed by atoms with Crippen molar-refractivity contribution in [3.63, 3.8) is 0 Å². The number of likely N-dealkylation sites (tertiary alicyclic amines) is 1. The summed E-state index contributed by atoms with van der Waals surface area (Å²) >= 11 is 12.3. The molecule has 3 N–H and O–H groups in total. The van der Waals surface area contributed by atoms with Gasteiger partial charge in [-0.05, 0) is 47.9 Å². The molecule has 9 heteroatoms. The second-order valence-corrected chi connectivity index (χ2v) is 10.6. The van der Waals surface area contributed by atoms with E-state index in [4.69, 9.17) is 23.2 Å². The first kappa shape index (κ1) is 24.1. The van der Waals surface area contributed by atoms with Crippen molar-refractivity contribution < 1.29 is 19.5 Å². The number of aliphatic hydroxyl groups excluding tert-OH is 1. The van der Waals surface area contributed by atoms with Crippen molar-refractivity contribution in [2.75, 3.05) is 11.9 Å². The second kappa shape index (κ2) is 8.96. The molecule has 3 aromatic rings. The van der Waals surface area contributed by atoms with Gasteiger partial charge in [-0.2, -0.15) is 0 Å². The Bertz CT molecular complexity index is 1410. The predicted octanol–water partition coefficient (Wildman–Crippen LogP) is 3.69. The summed E-state index contributed by atoms with van der Waals surface area (Å²) in [5, 5.41) is 18.4. The molecule has 5 atom stereocenters. The molecule has 0 aromatic heterocycles. The molecule has 2 saturated heterocycles. The van der Waals surface area contributed by atoms with Gasteiger partial charge in [-0.25, -0.2) is 0 Å². The van der Waals surface area contributed by atoms with Crippen LogP contribution >= 0.6 is 23.2 Å². The lowest BCUT2D eigenvalue weighted by molar-refractivity contribution is -0.143. The molecule has 3 heterocycles. The maximum Gasteiger partial charge on any atom is 0.250 e. The molecule has 0 radical (unpaired) electrons. The Balaban J connectivity index is 1.43. The van der Waals surface area contributed by atoms with E-state index < -0.39 is 47.2 Å². The molecule has 2 fully saturated rings. The lowest BCUT2D eigenvalue weighted by Crippen LogP contribution is -2.54. The van der Waals surface area contributed by atoms with Gasteiger partial charge in [0.25, 0.3) is 0 Å². The smallest absolute Gasteiger partial charge is 0.250 e. The molecule has 3 aromatic carbocycles. The first-order chi connectivity index (χ1) is 17.8. The van der Waals surface area contributed by atoms with Gasteiger partial charge in [0.15, 0.2) is 0 Å². The lowest BCUT2D eigenvalue weighted by atomic mass is 9.76. The maximum atomic E-state index is 13.9. The number of hydrogen-bond acceptors (Lipinski definition) is 5. The lowest BCUT2D eigenvalue weighted by Gasteiger charge is -2.30. The molecular formula is C28H23Cl2N3O4. The molecule has 7 nitrogen and oxygen atoms in total. The number of aliphatic hydroxyl groups is 1. The number of rotatable bonds is 5. The van der Waals surface area contributed by atoms with Crippen LogP contribution in [-0.2, 0) is 26.3 Å². The van der Waals surface area contributed by atoms with Crippen LogP contribution in [0.5, 0.6) is 0 Å². The van der Waals surface area contributed by atoms with Crippen LogP contribution in [0.15, 0.2) is 72.8 Å². The third kappa shape index (κ3) is 3.68. The van der Waals surface area contributed by atoms with Crippen LogP contribution in [-0.4, -0.2) is 40.3 Å². The topological polar surface area (TPSA) is 98.7 Å². The summed E-state index contributed by atoms with van der Waals surface area (Å²) in [5.74, 6) is -3.28. The fourth-order valence-electron chi connectivity index (χ4n) is 6.01. The fraction of sp³-hybridized carbons (Fsp3) is 0.250. The van der Waals surface area contributed by atoms with Crippen LogP contribution in [0.2, 0.25) is 10.0 Å². The molecule has 0 saturated carbocycles. The normalized spacial score (nSPS) is 26.9. The standard InChI is InChI=1S/C28H23Cl2N3O4/c29-17-8-6-16(7-9-17)24(34)23-21-22(26(36)33(25(21)35)13-12-15-4-2-1-3-5-15)28(32-23)19-14-18(30)10-11-20(19)31-27(28)37/h1-11,14,21-24,32,34H,12-13H2,(H,31,37)/t21-,22+,23+,24+,28-/m0/s1. The van der Waals surface area contributed by atoms with E-state index in [-0.39, 0.29) is 6.54 Å². The highest BCUT2D eigenvalue weighted by atomic mass is 35.5. The van der Waals surface area contributed by atoms with Crippen molar-refractivity contribution in [2.45, 2.75) is 24.1 Å². The quantitative estimate of drug-likeness (QED) is 0.433. The number of fused-ring (bicyclic) bond motifs is 4. The van der Waals surface area contributed by atoms with Crippen LogP contribution < -0.4 is 10.6 Å². The molecular weight excluding hydrogens is 513 g/mol. The summed E-state index contributed by atoms with van der Waals surface area (Å²) in [6, 6.07) is 20.3. The number of imide groups is 1. The number of amides is 3. The van der Waals surface area contributed by atoms with E-state index >= 15 is 0 Å². The third-order valence-electron chi connectivity index (χ3n) is 7.72. The summed E-state index contributed by atoms with van der Waals surface area (Å²) in [5.41, 5.74) is 0.978. The zero-order valence-corrected chi connectivity index (χ0v) is 21.0. The Kier molecular flexibility index (Phi) is 5.84. The Morgan fingerprint density at radius 2 is 1.62 bits per heavy atom. The predicted molar refractivity (Wildman–Crippen MR) is 139 cm³/mol. The average Bonchev–Trinajstić information content (AvgIpc) is 3.48. The minimum atomic E-state index is -1.54. The molecule has 1 spiro atoms. The second-order valence-electron chi connectivity index (χ2n) is 9.69. The minimum Gasteiger partial charge on any atom is -0.387 e. The van der Waals surface area contributed by atoms with Gasteiger partial charge >= 0.3 is 0 Å². The summed E-state index contributed by atoms with van der Waals surface area (Å²) in [6.45, 7) is 0.179. The van der Waals surface area contributed by atoms with Crippen molar-refractivity contribution >= 4 is 46.6 Å². The van der Waals surface area contributed by atoms with E-state index in [1.165, 1.54) is 4.90 Å². The highest BCUT2D eigenvalue weighted by molar-refractivity contribution is 6.31. The summed E-state index contributed by atoms with van der Waals surface area (Å²) in [4.78, 5) is 42.6. The van der Waals surface area contributed by atoms with Gasteiger partial charge in [0.1, 0.15) is 5.54 Å². The van der Waals surface area contributed by atoms with Crippen molar-refractivity contribution in [1.29, 1.82) is 0 Å². The van der Waals surface area contributed by atoms with E-state index in [1.807, 2.05) is 30.3 Å². The Labute approximate surface area is 223 Å². The summed E-state index contributed by atoms with van der Waals surface area (Å²) in [7, 11) is 0. The molecule has 0 unspecified atom stereocenters. The van der Waals surface area contributed by atoms with Crippen LogP contribution in [0.4, 0.5) is 5.69 Å². The molecule has 3 amide bonds. The van der Waals surface area contributed by atoms with E-state index in [0.29, 0.717) is 33.3 Å². The van der Waals surface area contributed by atoms with Crippen LogP contribution in [0, 0.1) is 11.8 Å². The Hall–Kier alpha value is -3.23. The molecule has 0 aliphatic carbocycles. The highest BCUT2D eigenvalue weighted by Gasteiger charge is 2.71. The van der Waals surface area contributed by atoms with Crippen molar-refractivity contribution in [3.05, 3.63) is 99.5 Å². The molecule has 188 valence electrons. The van der Waals surface area contributed by atoms with Crippen molar-refractivity contribution in [1.82, 2.24) is 10.2 Å². The van der Waals surface area contributed by atoms with E-state index in [1.54, 1.807) is 42.5 Å². The van der Waals surface area contributed by atoms with Crippen LogP contribution in [0.1, 0.15) is 22.8 Å². The monoisotopic (exact) mass is 535 g/mol. The SMILES string of the molecule is O=C1[C@@H]2[C@H]([C@H](O)c3ccc(Cl)cc3)N[C@]3(C(=O)Nc4ccc(Cl)cc43)[C@H]2C(=O)N1CCc1ccccc1. The number of nitrogens with zero attached hydrogens (tertiary/aromatic N) is 1. The average molecular weight is 536 g/mol. The zero-order chi connectivity index (χ0) is 25.9. The van der Waals surface area contributed by atoms with Crippen LogP contribution in [0.3, 0.4) is 0 Å². The van der Waals surface area contributed by atoms with E-state index in [0.717, 1.165) is 5.56 Å². The number of benzene rings is 3. The Morgan fingerprint density at radius 3 is 2.35 bits per heavy atom. The van der Waals surface area contributed by atoms with E-state index in [9.17, 15) is 19.5 Å². The molecule has 0 bridgehead atoms. The molecule has 6 rings (SSSR count). The largest absolute Gasteiger partial charge is 0.387 e. The van der Waals surface area contributed by atoms with E-state index in [2.05, 4.69) is 10.6 Å². The summed E-state index contributed by atoms with van der Waals surface area (Å²) < 4.78 is 0. The Morgan fingerprint density at radius 1 is 0.919 bits per heavy atom. The number of anilines is 1. The van der Waals surface area contributed by atoms with Gasteiger partial charge in [-0.1, -0.05) is 65.7 Å². The zero-order valence-electron chi connectivity index (χ0n) is 19.5. The highest BCUT2D eigenvalue weighted by Crippen LogP contribution is 2.55. The molecule has 3 aliphatic rings. The van der Waals surface area contributed by atoms with Gasteiger partial charge in [0.05, 0.1) is 24.0 Å². The van der Waals surface area contributed by atoms with Crippen molar-refractivity contribution in [3.8, 4) is 0 Å². The van der Waals surface area contributed by atoms with Crippen molar-refractivity contribution in [2.24, 2.45) is 11.8 Å². The maximum absolute atomic E-state index is 13.9. The summed E-state index contributed by atoms with van der Waals surface area (Å²) in [6.07, 6.45) is -0.692. The molecule has 37 heavy (non-hydrogen) atoms. The first-order valence-corrected chi connectivity index (χ1v) is 12.8. The van der Waals surface area contributed by atoms with Gasteiger partial charge in [-0.3, -0.25) is 24.6 Å². The number of nitrogens with one attached hydrogen (secondary N) is 2. The number of carbonyl (C=O) groups is 3. The number of hydrogen-bond donors (Lipinski definition) is 3. The number of carbonyl (C=O) groups excluding carboxylic acids is 3. The van der Waals surface area contributed by atoms with Gasteiger partial charge in [-0.15, -0.1) is 0 Å². The van der Waals surface area contributed by atoms with Gasteiger partial charge in [0, 0.05) is 27.8 Å². The molecule has 3 aliphatic heterocycles. The minimum absolute atomic E-state index is 0.179. The fourth-order valence-corrected chi connectivity index (χ4v) is 6.30.